The number of ether oxygens (including phenoxy) is 1. The average molecular weight is 421 g/mol. The van der Waals surface area contributed by atoms with Crippen molar-refractivity contribution in [2.24, 2.45) is 0 Å². The molecule has 2 unspecified atom stereocenters. The molecular weight excluding hydrogens is 406 g/mol. The van der Waals surface area contributed by atoms with Crippen molar-refractivity contribution in [1.82, 2.24) is 20.3 Å². The van der Waals surface area contributed by atoms with Crippen LogP contribution in [0.1, 0.15) is 17.3 Å². The molecule has 0 saturated heterocycles. The highest BCUT2D eigenvalue weighted by molar-refractivity contribution is 8.00. The average Bonchev–Trinajstić information content (AvgIpc) is 3.10. The fraction of sp³-hybridized carbons (Fsp3) is 0.150. The van der Waals surface area contributed by atoms with Crippen LogP contribution in [0, 0.1) is 6.92 Å². The Morgan fingerprint density at radius 1 is 1.20 bits per heavy atom. The maximum Gasteiger partial charge on any atom is 0.327 e. The molecule has 10 heteroatoms. The third kappa shape index (κ3) is 2.92. The Balaban J connectivity index is 1.53. The fourth-order valence-electron chi connectivity index (χ4n) is 3.55. The van der Waals surface area contributed by atoms with Crippen LogP contribution in [0.5, 0.6) is 11.8 Å². The van der Waals surface area contributed by atoms with E-state index >= 15 is 0 Å². The van der Waals surface area contributed by atoms with Gasteiger partial charge in [-0.25, -0.2) is 14.8 Å². The number of hydrogen-bond donors (Lipinski definition) is 2. The quantitative estimate of drug-likeness (QED) is 0.658. The predicted molar refractivity (Wildman–Crippen MR) is 108 cm³/mol. The highest BCUT2D eigenvalue weighted by Gasteiger charge is 2.47. The Morgan fingerprint density at radius 2 is 2.00 bits per heavy atom. The predicted octanol–water partition coefficient (Wildman–Crippen LogP) is 3.43. The second-order valence-corrected chi connectivity index (χ2v) is 7.86. The molecule has 2 aliphatic heterocycles. The molecule has 5 rings (SSSR count). The molecule has 0 aliphatic carbocycles. The summed E-state index contributed by atoms with van der Waals surface area (Å²) >= 11 is 1.13. The van der Waals surface area contributed by atoms with E-state index in [1.807, 2.05) is 18.2 Å². The first-order chi connectivity index (χ1) is 14.5. The molecule has 3 aromatic rings. The monoisotopic (exact) mass is 421 g/mol. The lowest BCUT2D eigenvalue weighted by Gasteiger charge is -2.33. The van der Waals surface area contributed by atoms with Crippen LogP contribution in [0.4, 0.5) is 16.2 Å². The Morgan fingerprint density at radius 3 is 2.73 bits per heavy atom. The lowest BCUT2D eigenvalue weighted by molar-refractivity contribution is -0.136. The highest BCUT2D eigenvalue weighted by atomic mass is 32.2. The zero-order chi connectivity index (χ0) is 20.8. The molecule has 1 aromatic carbocycles. The number of aromatic nitrogens is 3. The van der Waals surface area contributed by atoms with Gasteiger partial charge in [-0.2, -0.15) is 4.98 Å². The SMILES string of the molecule is Cc1nc(Oc2ccccc2)ncc1N1C(=O)NC2c3c1ccnc3SC2C(=O)O. The first-order valence-electron chi connectivity index (χ1n) is 9.08. The van der Waals surface area contributed by atoms with E-state index in [0.29, 0.717) is 33.4 Å². The topological polar surface area (TPSA) is 118 Å². The number of rotatable bonds is 4. The zero-order valence-corrected chi connectivity index (χ0v) is 16.5. The molecule has 2 atom stereocenters. The number of aryl methyl sites for hydroxylation is 1. The number of pyridine rings is 1. The summed E-state index contributed by atoms with van der Waals surface area (Å²) in [6, 6.07) is 9.93. The van der Waals surface area contributed by atoms with Crippen molar-refractivity contribution in [2.75, 3.05) is 4.90 Å². The third-order valence-corrected chi connectivity index (χ3v) is 6.15. The molecule has 0 saturated carbocycles. The second kappa shape index (κ2) is 6.99. The van der Waals surface area contributed by atoms with Crippen molar-refractivity contribution in [2.45, 2.75) is 23.2 Å². The van der Waals surface area contributed by atoms with Crippen molar-refractivity contribution >= 4 is 35.1 Å². The van der Waals surface area contributed by atoms with Crippen LogP contribution in [0.2, 0.25) is 0 Å². The summed E-state index contributed by atoms with van der Waals surface area (Å²) in [7, 11) is 0. The van der Waals surface area contributed by atoms with Crippen molar-refractivity contribution < 1.29 is 19.4 Å². The van der Waals surface area contributed by atoms with Crippen LogP contribution >= 0.6 is 11.8 Å². The highest BCUT2D eigenvalue weighted by Crippen LogP contribution is 2.50. The van der Waals surface area contributed by atoms with Gasteiger partial charge in [0.1, 0.15) is 16.0 Å². The Bertz CT molecular complexity index is 1170. The van der Waals surface area contributed by atoms with E-state index in [4.69, 9.17) is 4.74 Å². The molecule has 2 aromatic heterocycles. The summed E-state index contributed by atoms with van der Waals surface area (Å²) in [5, 5.41) is 12.1. The molecule has 2 N–H and O–H groups in total. The van der Waals surface area contributed by atoms with Gasteiger partial charge in [0.15, 0.2) is 0 Å². The summed E-state index contributed by atoms with van der Waals surface area (Å²) in [5.74, 6) is -0.392. The summed E-state index contributed by atoms with van der Waals surface area (Å²) in [4.78, 5) is 38.9. The molecule has 0 radical (unpaired) electrons. The molecular formula is C20H15N5O4S. The lowest BCUT2D eigenvalue weighted by atomic mass is 10.0. The minimum atomic E-state index is -0.996. The van der Waals surface area contributed by atoms with Crippen LogP contribution in [-0.2, 0) is 4.79 Å². The van der Waals surface area contributed by atoms with Crippen LogP contribution in [0.3, 0.4) is 0 Å². The number of carbonyl (C=O) groups excluding carboxylic acids is 1. The van der Waals surface area contributed by atoms with Gasteiger partial charge in [0.25, 0.3) is 0 Å². The number of carboxylic acid groups (broad SMARTS) is 1. The van der Waals surface area contributed by atoms with E-state index in [9.17, 15) is 14.7 Å². The fourth-order valence-corrected chi connectivity index (χ4v) is 4.72. The maximum atomic E-state index is 13.0. The summed E-state index contributed by atoms with van der Waals surface area (Å²) in [6.45, 7) is 1.75. The number of nitrogens with one attached hydrogen (secondary N) is 1. The van der Waals surface area contributed by atoms with Gasteiger partial charge in [0.05, 0.1) is 29.3 Å². The van der Waals surface area contributed by atoms with E-state index in [0.717, 1.165) is 11.8 Å². The van der Waals surface area contributed by atoms with Gasteiger partial charge in [-0.1, -0.05) is 30.0 Å². The molecule has 0 spiro atoms. The third-order valence-electron chi connectivity index (χ3n) is 4.87. The Labute approximate surface area is 175 Å². The van der Waals surface area contributed by atoms with Gasteiger partial charge < -0.3 is 15.2 Å². The van der Waals surface area contributed by atoms with Crippen LogP contribution in [-0.4, -0.2) is 37.3 Å². The molecule has 9 nitrogen and oxygen atoms in total. The first-order valence-corrected chi connectivity index (χ1v) is 9.96. The van der Waals surface area contributed by atoms with Crippen molar-refractivity contribution in [3.8, 4) is 11.8 Å². The Kier molecular flexibility index (Phi) is 4.28. The number of urea groups is 1. The van der Waals surface area contributed by atoms with Crippen LogP contribution in [0.25, 0.3) is 0 Å². The molecule has 30 heavy (non-hydrogen) atoms. The number of thioether (sulfide) groups is 1. The zero-order valence-electron chi connectivity index (χ0n) is 15.6. The normalized spacial score (nSPS) is 19.2. The van der Waals surface area contributed by atoms with Gasteiger partial charge in [0, 0.05) is 11.8 Å². The Hall–Kier alpha value is -3.66. The van der Waals surface area contributed by atoms with Crippen molar-refractivity contribution in [3.05, 3.63) is 60.0 Å². The molecule has 4 heterocycles. The molecule has 0 bridgehead atoms. The lowest BCUT2D eigenvalue weighted by Crippen LogP contribution is -2.47. The first kappa shape index (κ1) is 18.4. The second-order valence-electron chi connectivity index (χ2n) is 6.73. The minimum absolute atomic E-state index is 0.166. The van der Waals surface area contributed by atoms with Gasteiger partial charge in [0.2, 0.25) is 0 Å². The number of nitrogens with zero attached hydrogens (tertiary/aromatic N) is 4. The number of carboxylic acids is 1. The smallest absolute Gasteiger partial charge is 0.327 e. The number of benzene rings is 1. The van der Waals surface area contributed by atoms with Crippen molar-refractivity contribution in [1.29, 1.82) is 0 Å². The summed E-state index contributed by atoms with van der Waals surface area (Å²) < 4.78 is 5.66. The number of anilines is 2. The van der Waals surface area contributed by atoms with Gasteiger partial charge >= 0.3 is 18.0 Å². The molecule has 150 valence electrons. The van der Waals surface area contributed by atoms with Crippen LogP contribution < -0.4 is 15.0 Å². The molecule has 2 amide bonds. The molecule has 0 fully saturated rings. The largest absolute Gasteiger partial charge is 0.480 e. The van der Waals surface area contributed by atoms with Gasteiger partial charge in [-0.3, -0.25) is 9.69 Å². The van der Waals surface area contributed by atoms with Gasteiger partial charge in [-0.05, 0) is 25.1 Å². The standard InChI is InChI=1S/C20H15N5O4S/c1-10-13(9-22-19(23-10)29-11-5-3-2-4-6-11)25-12-7-8-21-17-14(12)15(24-20(25)28)16(30-17)18(26)27/h2-9,15-16H,1H3,(H,24,28)(H,26,27). The van der Waals surface area contributed by atoms with Crippen molar-refractivity contribution in [3.63, 3.8) is 0 Å². The van der Waals surface area contributed by atoms with E-state index in [-0.39, 0.29) is 6.01 Å². The number of aliphatic carboxylic acids is 1. The van der Waals surface area contributed by atoms with Crippen LogP contribution in [0.15, 0.2) is 53.8 Å². The number of para-hydroxylation sites is 1. The van der Waals surface area contributed by atoms with E-state index in [1.165, 1.54) is 11.1 Å². The number of hydrogen-bond acceptors (Lipinski definition) is 7. The van der Waals surface area contributed by atoms with E-state index in [2.05, 4.69) is 20.3 Å². The maximum absolute atomic E-state index is 13.0. The summed E-state index contributed by atoms with van der Waals surface area (Å²) in [5.41, 5.74) is 2.28. The van der Waals surface area contributed by atoms with Gasteiger partial charge in [-0.15, -0.1) is 0 Å². The van der Waals surface area contributed by atoms with E-state index < -0.39 is 23.3 Å². The van der Waals surface area contributed by atoms with E-state index in [1.54, 1.807) is 31.3 Å². The minimum Gasteiger partial charge on any atom is -0.480 e. The molecule has 2 aliphatic rings. The number of carbonyl (C=O) groups is 2. The summed E-state index contributed by atoms with van der Waals surface area (Å²) in [6.07, 6.45) is 3.08. The number of amides is 2.